The van der Waals surface area contributed by atoms with Crippen LogP contribution in [-0.2, 0) is 0 Å². The van der Waals surface area contributed by atoms with Crippen molar-refractivity contribution in [2.45, 2.75) is 44.6 Å². The minimum atomic E-state index is -0.528. The van der Waals surface area contributed by atoms with Gasteiger partial charge in [0.2, 0.25) is 0 Å². The zero-order valence-corrected chi connectivity index (χ0v) is 12.0. The maximum absolute atomic E-state index is 12.4. The van der Waals surface area contributed by atoms with E-state index in [-0.39, 0.29) is 22.7 Å². The summed E-state index contributed by atoms with van der Waals surface area (Å²) in [5, 5.41) is 13.8. The van der Waals surface area contributed by atoms with E-state index in [1.165, 1.54) is 24.6 Å². The highest BCUT2D eigenvalue weighted by Crippen LogP contribution is 2.29. The summed E-state index contributed by atoms with van der Waals surface area (Å²) in [6, 6.07) is 4.00. The molecular weight excluding hydrogens is 272 g/mol. The molecular formula is C14H20N4O3. The fraction of sp³-hybridized carbons (Fsp3) is 0.500. The molecule has 0 radical (unpaired) electrons. The van der Waals surface area contributed by atoms with E-state index >= 15 is 0 Å². The Bertz CT molecular complexity index is 553. The topological polar surface area (TPSA) is 110 Å². The van der Waals surface area contributed by atoms with Crippen LogP contribution in [0, 0.1) is 10.1 Å². The van der Waals surface area contributed by atoms with Gasteiger partial charge in [-0.3, -0.25) is 20.8 Å². The number of nitrogens with one attached hydrogen (secondary N) is 2. The standard InChI is InChI=1S/C14H20N4O3/c1-14(7-3-2-4-8-14)16-13(19)11-9-10(18(20)21)5-6-12(11)17-15/h5-6,9,17H,2-4,7-8,15H2,1H3,(H,16,19). The highest BCUT2D eigenvalue weighted by Gasteiger charge is 2.29. The number of nitrogens with two attached hydrogens (primary N) is 1. The predicted octanol–water partition coefficient (Wildman–Crippen LogP) is 2.33. The van der Waals surface area contributed by atoms with Gasteiger partial charge in [-0.1, -0.05) is 19.3 Å². The number of carbonyl (C=O) groups excluding carboxylic acids is 1. The molecule has 21 heavy (non-hydrogen) atoms. The number of amides is 1. The van der Waals surface area contributed by atoms with Gasteiger partial charge in [-0.15, -0.1) is 0 Å². The number of nitrogens with zero attached hydrogens (tertiary/aromatic N) is 1. The molecule has 1 aliphatic carbocycles. The third-order valence-corrected chi connectivity index (χ3v) is 3.99. The van der Waals surface area contributed by atoms with Crippen molar-refractivity contribution in [1.29, 1.82) is 0 Å². The summed E-state index contributed by atoms with van der Waals surface area (Å²) in [5.74, 6) is 5.04. The van der Waals surface area contributed by atoms with Crippen LogP contribution in [0.25, 0.3) is 0 Å². The van der Waals surface area contributed by atoms with E-state index in [9.17, 15) is 14.9 Å². The van der Waals surface area contributed by atoms with Crippen LogP contribution >= 0.6 is 0 Å². The van der Waals surface area contributed by atoms with Gasteiger partial charge in [-0.05, 0) is 25.8 Å². The Morgan fingerprint density at radius 2 is 2.00 bits per heavy atom. The van der Waals surface area contributed by atoms with Crippen LogP contribution in [-0.4, -0.2) is 16.4 Å². The Morgan fingerprint density at radius 1 is 1.33 bits per heavy atom. The molecule has 0 unspecified atom stereocenters. The van der Waals surface area contributed by atoms with Crippen LogP contribution in [0.1, 0.15) is 49.4 Å². The fourth-order valence-electron chi connectivity index (χ4n) is 2.76. The Labute approximate surface area is 123 Å². The van der Waals surface area contributed by atoms with E-state index in [0.717, 1.165) is 25.7 Å². The van der Waals surface area contributed by atoms with Crippen LogP contribution in [0.5, 0.6) is 0 Å². The van der Waals surface area contributed by atoms with Crippen LogP contribution in [0.15, 0.2) is 18.2 Å². The molecule has 7 heteroatoms. The molecule has 4 N–H and O–H groups in total. The first-order chi connectivity index (χ1) is 9.95. The summed E-state index contributed by atoms with van der Waals surface area (Å²) in [6.07, 6.45) is 5.16. The molecule has 114 valence electrons. The number of anilines is 1. The normalized spacial score (nSPS) is 17.0. The van der Waals surface area contributed by atoms with Gasteiger partial charge in [0, 0.05) is 17.7 Å². The van der Waals surface area contributed by atoms with E-state index in [0.29, 0.717) is 5.69 Å². The Balaban J connectivity index is 2.24. The molecule has 1 fully saturated rings. The second kappa shape index (κ2) is 6.09. The maximum atomic E-state index is 12.4. The molecule has 0 heterocycles. The van der Waals surface area contributed by atoms with Gasteiger partial charge < -0.3 is 10.7 Å². The lowest BCUT2D eigenvalue weighted by molar-refractivity contribution is -0.384. The lowest BCUT2D eigenvalue weighted by Crippen LogP contribution is -2.47. The second-order valence-electron chi connectivity index (χ2n) is 5.71. The average molecular weight is 292 g/mol. The van der Waals surface area contributed by atoms with Crippen molar-refractivity contribution < 1.29 is 9.72 Å². The minimum Gasteiger partial charge on any atom is -0.347 e. The Hall–Kier alpha value is -2.15. The second-order valence-corrected chi connectivity index (χ2v) is 5.71. The van der Waals surface area contributed by atoms with Crippen molar-refractivity contribution in [3.63, 3.8) is 0 Å². The summed E-state index contributed by atoms with van der Waals surface area (Å²) < 4.78 is 0. The molecule has 1 aromatic rings. The molecule has 1 aromatic carbocycles. The molecule has 1 aliphatic rings. The van der Waals surface area contributed by atoms with Gasteiger partial charge in [-0.25, -0.2) is 0 Å². The largest absolute Gasteiger partial charge is 0.347 e. The fourth-order valence-corrected chi connectivity index (χ4v) is 2.76. The zero-order valence-electron chi connectivity index (χ0n) is 12.0. The lowest BCUT2D eigenvalue weighted by atomic mass is 9.83. The van der Waals surface area contributed by atoms with Gasteiger partial charge in [0.1, 0.15) is 0 Å². The molecule has 2 rings (SSSR count). The molecule has 0 atom stereocenters. The van der Waals surface area contributed by atoms with Crippen LogP contribution in [0.3, 0.4) is 0 Å². The number of rotatable bonds is 4. The summed E-state index contributed by atoms with van der Waals surface area (Å²) in [5.41, 5.74) is 2.59. The van der Waals surface area contributed by atoms with Gasteiger partial charge in [0.15, 0.2) is 0 Å². The van der Waals surface area contributed by atoms with Gasteiger partial charge in [0.25, 0.3) is 11.6 Å². The van der Waals surface area contributed by atoms with Crippen LogP contribution < -0.4 is 16.6 Å². The first-order valence-electron chi connectivity index (χ1n) is 7.03. The number of nitro groups is 1. The van der Waals surface area contributed by atoms with E-state index < -0.39 is 4.92 Å². The molecule has 0 bridgehead atoms. The smallest absolute Gasteiger partial charge is 0.270 e. The van der Waals surface area contributed by atoms with Crippen LogP contribution in [0.4, 0.5) is 11.4 Å². The third kappa shape index (κ3) is 3.49. The van der Waals surface area contributed by atoms with Gasteiger partial charge in [0.05, 0.1) is 16.2 Å². The van der Waals surface area contributed by atoms with Crippen molar-refractivity contribution in [3.8, 4) is 0 Å². The lowest BCUT2D eigenvalue weighted by Gasteiger charge is -2.34. The average Bonchev–Trinajstić information content (AvgIpc) is 2.46. The summed E-state index contributed by atoms with van der Waals surface area (Å²) >= 11 is 0. The molecule has 7 nitrogen and oxygen atoms in total. The van der Waals surface area contributed by atoms with Crippen molar-refractivity contribution in [2.24, 2.45) is 5.84 Å². The van der Waals surface area contributed by atoms with Crippen molar-refractivity contribution >= 4 is 17.3 Å². The zero-order chi connectivity index (χ0) is 15.5. The van der Waals surface area contributed by atoms with Crippen molar-refractivity contribution in [1.82, 2.24) is 5.32 Å². The molecule has 0 spiro atoms. The summed E-state index contributed by atoms with van der Waals surface area (Å²) in [7, 11) is 0. The monoisotopic (exact) mass is 292 g/mol. The number of nitrogen functional groups attached to an aromatic ring is 1. The Morgan fingerprint density at radius 3 is 2.57 bits per heavy atom. The van der Waals surface area contributed by atoms with E-state index in [1.54, 1.807) is 0 Å². The first kappa shape index (κ1) is 15.2. The first-order valence-corrected chi connectivity index (χ1v) is 7.03. The number of benzene rings is 1. The molecule has 0 saturated heterocycles. The number of non-ortho nitro benzene ring substituents is 1. The van der Waals surface area contributed by atoms with Crippen LogP contribution in [0.2, 0.25) is 0 Å². The van der Waals surface area contributed by atoms with E-state index in [4.69, 9.17) is 5.84 Å². The van der Waals surface area contributed by atoms with E-state index in [2.05, 4.69) is 10.7 Å². The number of hydrogen-bond acceptors (Lipinski definition) is 5. The molecule has 0 aliphatic heterocycles. The number of nitro benzene ring substituents is 1. The van der Waals surface area contributed by atoms with E-state index in [1.807, 2.05) is 6.92 Å². The third-order valence-electron chi connectivity index (χ3n) is 3.99. The summed E-state index contributed by atoms with van der Waals surface area (Å²) in [4.78, 5) is 22.8. The van der Waals surface area contributed by atoms with Crippen molar-refractivity contribution in [2.75, 3.05) is 5.43 Å². The molecule has 1 saturated carbocycles. The SMILES string of the molecule is CC1(NC(=O)c2cc([N+](=O)[O-])ccc2NN)CCCCC1. The Kier molecular flexibility index (Phi) is 4.42. The van der Waals surface area contributed by atoms with Gasteiger partial charge >= 0.3 is 0 Å². The number of carbonyl (C=O) groups is 1. The highest BCUT2D eigenvalue weighted by molar-refractivity contribution is 6.00. The minimum absolute atomic E-state index is 0.132. The quantitative estimate of drug-likeness (QED) is 0.448. The highest BCUT2D eigenvalue weighted by atomic mass is 16.6. The predicted molar refractivity (Wildman–Crippen MR) is 79.9 cm³/mol. The number of hydrogen-bond donors (Lipinski definition) is 3. The summed E-state index contributed by atoms with van der Waals surface area (Å²) in [6.45, 7) is 2.01. The number of hydrazine groups is 1. The maximum Gasteiger partial charge on any atom is 0.270 e. The molecule has 0 aromatic heterocycles. The van der Waals surface area contributed by atoms with Crippen molar-refractivity contribution in [3.05, 3.63) is 33.9 Å². The van der Waals surface area contributed by atoms with Gasteiger partial charge in [-0.2, -0.15) is 0 Å². The molecule has 1 amide bonds.